The van der Waals surface area contributed by atoms with Gasteiger partial charge in [-0.3, -0.25) is 9.59 Å². The second-order valence-electron chi connectivity index (χ2n) is 4.00. The van der Waals surface area contributed by atoms with Crippen LogP contribution in [0.1, 0.15) is 31.4 Å². The minimum Gasteiger partial charge on any atom is -0.426 e. The first-order chi connectivity index (χ1) is 8.36. The molecule has 1 amide bonds. The van der Waals surface area contributed by atoms with Crippen LogP contribution in [0.5, 0.6) is 5.75 Å². The highest BCUT2D eigenvalue weighted by atomic mass is 79.9. The van der Waals surface area contributed by atoms with E-state index in [9.17, 15) is 9.59 Å². The molecule has 0 spiro atoms. The number of hydrogen-bond acceptors (Lipinski definition) is 3. The number of carbonyl (C=O) groups is 2. The summed E-state index contributed by atoms with van der Waals surface area (Å²) < 4.78 is 5.89. The minimum absolute atomic E-state index is 0.0604. The van der Waals surface area contributed by atoms with Gasteiger partial charge in [0.25, 0.3) is 0 Å². The lowest BCUT2D eigenvalue weighted by atomic mass is 10.1. The Balaban J connectivity index is 3.19. The van der Waals surface area contributed by atoms with Crippen LogP contribution < -0.4 is 10.1 Å². The SMILES string of the molecule is CCC(=O)Nc1cc(C)c(OC(C)=O)c(C)c1Br. The quantitative estimate of drug-likeness (QED) is 0.688. The van der Waals surface area contributed by atoms with Crippen molar-refractivity contribution in [1.82, 2.24) is 0 Å². The van der Waals surface area contributed by atoms with Gasteiger partial charge in [-0.15, -0.1) is 0 Å². The van der Waals surface area contributed by atoms with E-state index in [1.54, 1.807) is 13.0 Å². The summed E-state index contributed by atoms with van der Waals surface area (Å²) in [5, 5.41) is 2.80. The van der Waals surface area contributed by atoms with Crippen molar-refractivity contribution in [3.63, 3.8) is 0 Å². The number of ether oxygens (including phenoxy) is 1. The highest BCUT2D eigenvalue weighted by molar-refractivity contribution is 9.10. The molecule has 0 saturated carbocycles. The van der Waals surface area contributed by atoms with Gasteiger partial charge in [0.2, 0.25) is 5.91 Å². The van der Waals surface area contributed by atoms with E-state index in [2.05, 4.69) is 21.2 Å². The van der Waals surface area contributed by atoms with E-state index in [1.807, 2.05) is 13.8 Å². The molecule has 0 aliphatic carbocycles. The molecule has 0 bridgehead atoms. The first kappa shape index (κ1) is 14.7. The van der Waals surface area contributed by atoms with Crippen LogP contribution in [0.2, 0.25) is 0 Å². The number of carbonyl (C=O) groups excluding carboxylic acids is 2. The monoisotopic (exact) mass is 313 g/mol. The highest BCUT2D eigenvalue weighted by Crippen LogP contribution is 2.36. The average molecular weight is 314 g/mol. The summed E-state index contributed by atoms with van der Waals surface area (Å²) in [5.41, 5.74) is 2.28. The topological polar surface area (TPSA) is 55.4 Å². The van der Waals surface area contributed by atoms with Gasteiger partial charge in [0.05, 0.1) is 5.69 Å². The Hall–Kier alpha value is -1.36. The summed E-state index contributed by atoms with van der Waals surface area (Å²) in [6.07, 6.45) is 0.413. The maximum Gasteiger partial charge on any atom is 0.308 e. The number of amides is 1. The molecule has 0 atom stereocenters. The molecule has 0 aromatic heterocycles. The second kappa shape index (κ2) is 6.00. The number of esters is 1. The Kier molecular flexibility index (Phi) is 4.90. The average Bonchev–Trinajstić information content (AvgIpc) is 2.31. The molecule has 0 aliphatic rings. The van der Waals surface area contributed by atoms with Gasteiger partial charge in [-0.1, -0.05) is 6.92 Å². The number of benzene rings is 1. The number of anilines is 1. The maximum atomic E-state index is 11.4. The molecule has 0 saturated heterocycles. The number of rotatable bonds is 3. The summed E-state index contributed by atoms with van der Waals surface area (Å²) in [5.74, 6) is 0.108. The van der Waals surface area contributed by atoms with Gasteiger partial charge in [0.1, 0.15) is 5.75 Å². The van der Waals surface area contributed by atoms with Crippen molar-refractivity contribution in [2.45, 2.75) is 34.1 Å². The van der Waals surface area contributed by atoms with Crippen LogP contribution in [0.3, 0.4) is 0 Å². The van der Waals surface area contributed by atoms with Crippen LogP contribution >= 0.6 is 15.9 Å². The third-order valence-electron chi connectivity index (χ3n) is 2.47. The summed E-state index contributed by atoms with van der Waals surface area (Å²) in [6.45, 7) is 6.81. The minimum atomic E-state index is -0.363. The van der Waals surface area contributed by atoms with Crippen molar-refractivity contribution < 1.29 is 14.3 Å². The summed E-state index contributed by atoms with van der Waals surface area (Å²) in [4.78, 5) is 22.4. The Labute approximate surface area is 115 Å². The molecular formula is C13H16BrNO3. The van der Waals surface area contributed by atoms with Crippen molar-refractivity contribution in [1.29, 1.82) is 0 Å². The Morgan fingerprint density at radius 2 is 2.00 bits per heavy atom. The highest BCUT2D eigenvalue weighted by Gasteiger charge is 2.15. The molecule has 0 heterocycles. The van der Waals surface area contributed by atoms with E-state index in [0.717, 1.165) is 15.6 Å². The lowest BCUT2D eigenvalue weighted by molar-refractivity contribution is -0.132. The van der Waals surface area contributed by atoms with Crippen molar-refractivity contribution in [2.24, 2.45) is 0 Å². The fraction of sp³-hybridized carbons (Fsp3) is 0.385. The molecular weight excluding hydrogens is 298 g/mol. The third kappa shape index (κ3) is 3.32. The van der Waals surface area contributed by atoms with E-state index < -0.39 is 0 Å². The molecule has 98 valence electrons. The standard InChI is InChI=1S/C13H16BrNO3/c1-5-11(17)15-10-6-7(2)13(18-9(4)16)8(3)12(10)14/h6H,5H2,1-4H3,(H,15,17). The second-order valence-corrected chi connectivity index (χ2v) is 4.80. The van der Waals surface area contributed by atoms with Crippen molar-refractivity contribution in [2.75, 3.05) is 5.32 Å². The fourth-order valence-corrected chi connectivity index (χ4v) is 1.97. The Morgan fingerprint density at radius 3 is 2.50 bits per heavy atom. The van der Waals surface area contributed by atoms with Crippen LogP contribution in [-0.2, 0) is 9.59 Å². The summed E-state index contributed by atoms with van der Waals surface area (Å²) >= 11 is 3.41. The van der Waals surface area contributed by atoms with Gasteiger partial charge in [-0.25, -0.2) is 0 Å². The van der Waals surface area contributed by atoms with Crippen LogP contribution in [0, 0.1) is 13.8 Å². The maximum absolute atomic E-state index is 11.4. The van der Waals surface area contributed by atoms with Crippen LogP contribution in [0.25, 0.3) is 0 Å². The first-order valence-electron chi connectivity index (χ1n) is 5.64. The number of nitrogens with one attached hydrogen (secondary N) is 1. The zero-order chi connectivity index (χ0) is 13.9. The van der Waals surface area contributed by atoms with E-state index >= 15 is 0 Å². The van der Waals surface area contributed by atoms with Gasteiger partial charge in [0, 0.05) is 23.4 Å². The number of hydrogen-bond donors (Lipinski definition) is 1. The molecule has 5 heteroatoms. The molecule has 1 N–H and O–H groups in total. The van der Waals surface area contributed by atoms with Crippen LogP contribution in [0.15, 0.2) is 10.5 Å². The predicted octanol–water partition coefficient (Wildman–Crippen LogP) is 3.34. The lowest BCUT2D eigenvalue weighted by Gasteiger charge is -2.15. The summed E-state index contributed by atoms with van der Waals surface area (Å²) in [7, 11) is 0. The zero-order valence-corrected chi connectivity index (χ0v) is 12.5. The van der Waals surface area contributed by atoms with E-state index in [1.165, 1.54) is 6.92 Å². The number of aryl methyl sites for hydroxylation is 1. The smallest absolute Gasteiger partial charge is 0.308 e. The Bertz CT molecular complexity index is 497. The molecule has 1 rings (SSSR count). The van der Waals surface area contributed by atoms with Gasteiger partial charge in [-0.05, 0) is 41.4 Å². The van der Waals surface area contributed by atoms with Gasteiger partial charge >= 0.3 is 5.97 Å². The molecule has 0 radical (unpaired) electrons. The molecule has 1 aromatic rings. The first-order valence-corrected chi connectivity index (χ1v) is 6.44. The fourth-order valence-electron chi connectivity index (χ4n) is 1.57. The van der Waals surface area contributed by atoms with Crippen molar-refractivity contribution >= 4 is 33.5 Å². The van der Waals surface area contributed by atoms with Crippen LogP contribution in [-0.4, -0.2) is 11.9 Å². The largest absolute Gasteiger partial charge is 0.426 e. The van der Waals surface area contributed by atoms with Gasteiger partial charge in [0.15, 0.2) is 0 Å². The normalized spacial score (nSPS) is 10.1. The van der Waals surface area contributed by atoms with Crippen LogP contribution in [0.4, 0.5) is 5.69 Å². The summed E-state index contributed by atoms with van der Waals surface area (Å²) in [6, 6.07) is 1.78. The third-order valence-corrected chi connectivity index (χ3v) is 3.49. The number of halogens is 1. The molecule has 0 aliphatic heterocycles. The lowest BCUT2D eigenvalue weighted by Crippen LogP contribution is -2.11. The molecule has 4 nitrogen and oxygen atoms in total. The van der Waals surface area contributed by atoms with E-state index in [4.69, 9.17) is 4.74 Å². The molecule has 0 fully saturated rings. The van der Waals surface area contributed by atoms with Crippen molar-refractivity contribution in [3.8, 4) is 5.75 Å². The molecule has 0 unspecified atom stereocenters. The van der Waals surface area contributed by atoms with Crippen molar-refractivity contribution in [3.05, 3.63) is 21.7 Å². The molecule has 1 aromatic carbocycles. The van der Waals surface area contributed by atoms with E-state index in [-0.39, 0.29) is 11.9 Å². The van der Waals surface area contributed by atoms with E-state index in [0.29, 0.717) is 17.9 Å². The molecule has 18 heavy (non-hydrogen) atoms. The van der Waals surface area contributed by atoms with Gasteiger partial charge in [-0.2, -0.15) is 0 Å². The zero-order valence-electron chi connectivity index (χ0n) is 10.9. The Morgan fingerprint density at radius 1 is 1.39 bits per heavy atom. The predicted molar refractivity (Wildman–Crippen MR) is 73.8 cm³/mol. The van der Waals surface area contributed by atoms with Gasteiger partial charge < -0.3 is 10.1 Å².